The molecule has 0 bridgehead atoms. The number of hydrogen-bond donors (Lipinski definition) is 0. The highest BCUT2D eigenvalue weighted by Crippen LogP contribution is 2.26. The first-order valence-corrected chi connectivity index (χ1v) is 5.60. The first kappa shape index (κ1) is 13.6. The molecule has 0 aromatic heterocycles. The lowest BCUT2D eigenvalue weighted by molar-refractivity contribution is -0.145. The van der Waals surface area contributed by atoms with Gasteiger partial charge in [-0.2, -0.15) is 0 Å². The fourth-order valence-electron chi connectivity index (χ4n) is 1.15. The predicted octanol–water partition coefficient (Wildman–Crippen LogP) is 2.34. The van der Waals surface area contributed by atoms with Crippen LogP contribution in [0.3, 0.4) is 0 Å². The van der Waals surface area contributed by atoms with Crippen molar-refractivity contribution in [2.24, 2.45) is 0 Å². The molecule has 0 N–H and O–H groups in total. The summed E-state index contributed by atoms with van der Waals surface area (Å²) in [5.74, 6) is -1.59. The van der Waals surface area contributed by atoms with E-state index >= 15 is 0 Å². The van der Waals surface area contributed by atoms with Gasteiger partial charge in [-0.05, 0) is 19.1 Å². The molecule has 0 fully saturated rings. The summed E-state index contributed by atoms with van der Waals surface area (Å²) in [6.45, 7) is 1.42. The number of halogens is 2. The maximum atomic E-state index is 13.5. The topological polar surface area (TPSA) is 52.6 Å². The molecule has 0 aliphatic rings. The highest BCUT2D eigenvalue weighted by molar-refractivity contribution is 9.10. The molecule has 1 aromatic carbocycles. The minimum absolute atomic E-state index is 0.0289. The molecule has 0 unspecified atom stereocenters. The van der Waals surface area contributed by atoms with Crippen LogP contribution in [-0.2, 0) is 9.53 Å². The van der Waals surface area contributed by atoms with Crippen LogP contribution >= 0.6 is 15.9 Å². The zero-order valence-electron chi connectivity index (χ0n) is 9.04. The van der Waals surface area contributed by atoms with Gasteiger partial charge in [0, 0.05) is 4.47 Å². The molecule has 4 nitrogen and oxygen atoms in total. The Hall–Kier alpha value is -1.43. The second-order valence-electron chi connectivity index (χ2n) is 3.02. The van der Waals surface area contributed by atoms with E-state index in [1.807, 2.05) is 0 Å². The molecule has 0 saturated heterocycles. The van der Waals surface area contributed by atoms with Crippen LogP contribution in [0, 0.1) is 5.82 Å². The predicted molar refractivity (Wildman–Crippen MR) is 61.6 cm³/mol. The van der Waals surface area contributed by atoms with Crippen molar-refractivity contribution in [3.05, 3.63) is 28.0 Å². The maximum absolute atomic E-state index is 13.5. The van der Waals surface area contributed by atoms with Gasteiger partial charge in [-0.1, -0.05) is 15.9 Å². The molecule has 0 atom stereocenters. The summed E-state index contributed by atoms with van der Waals surface area (Å²) in [4.78, 5) is 21.7. The molecule has 0 saturated carbocycles. The van der Waals surface area contributed by atoms with Crippen molar-refractivity contribution in [2.75, 3.05) is 13.2 Å². The zero-order valence-corrected chi connectivity index (χ0v) is 10.6. The summed E-state index contributed by atoms with van der Waals surface area (Å²) >= 11 is 3.05. The number of benzene rings is 1. The SMILES string of the molecule is CCOC(=O)COc1c(F)cc(Br)cc1C=O. The van der Waals surface area contributed by atoms with Crippen molar-refractivity contribution in [1.29, 1.82) is 0 Å². The lowest BCUT2D eigenvalue weighted by Crippen LogP contribution is -2.15. The molecule has 6 heteroatoms. The molecule has 1 rings (SSSR count). The average Bonchev–Trinajstić information content (AvgIpc) is 2.27. The minimum Gasteiger partial charge on any atom is -0.478 e. The number of ether oxygens (including phenoxy) is 2. The third-order valence-electron chi connectivity index (χ3n) is 1.80. The Morgan fingerprint density at radius 2 is 2.24 bits per heavy atom. The van der Waals surface area contributed by atoms with Crippen LogP contribution in [0.5, 0.6) is 5.75 Å². The van der Waals surface area contributed by atoms with E-state index in [1.54, 1.807) is 6.92 Å². The van der Waals surface area contributed by atoms with Crippen molar-refractivity contribution in [2.45, 2.75) is 6.92 Å². The van der Waals surface area contributed by atoms with Crippen LogP contribution in [0.15, 0.2) is 16.6 Å². The lowest BCUT2D eigenvalue weighted by atomic mass is 10.2. The summed E-state index contributed by atoms with van der Waals surface area (Å²) < 4.78 is 23.4. The van der Waals surface area contributed by atoms with E-state index in [-0.39, 0.29) is 17.9 Å². The fraction of sp³-hybridized carbons (Fsp3) is 0.273. The van der Waals surface area contributed by atoms with Crippen molar-refractivity contribution < 1.29 is 23.5 Å². The summed E-state index contributed by atoms with van der Waals surface area (Å²) in [7, 11) is 0. The van der Waals surface area contributed by atoms with E-state index in [4.69, 9.17) is 4.74 Å². The summed E-state index contributed by atoms with van der Waals surface area (Å²) in [5, 5.41) is 0. The Balaban J connectivity index is 2.83. The van der Waals surface area contributed by atoms with Crippen LogP contribution < -0.4 is 4.74 Å². The summed E-state index contributed by atoms with van der Waals surface area (Å²) in [6, 6.07) is 2.55. The van der Waals surface area contributed by atoms with Crippen LogP contribution in [0.4, 0.5) is 4.39 Å². The second kappa shape index (κ2) is 6.34. The number of esters is 1. The van der Waals surface area contributed by atoms with Gasteiger partial charge < -0.3 is 9.47 Å². The third kappa shape index (κ3) is 3.81. The van der Waals surface area contributed by atoms with Crippen molar-refractivity contribution in [1.82, 2.24) is 0 Å². The minimum atomic E-state index is -0.717. The van der Waals surface area contributed by atoms with Gasteiger partial charge in [-0.25, -0.2) is 9.18 Å². The van der Waals surface area contributed by atoms with Gasteiger partial charge in [0.05, 0.1) is 12.2 Å². The Morgan fingerprint density at radius 3 is 2.82 bits per heavy atom. The van der Waals surface area contributed by atoms with E-state index in [0.717, 1.165) is 6.07 Å². The van der Waals surface area contributed by atoms with Crippen LogP contribution in [-0.4, -0.2) is 25.5 Å². The Bertz CT molecular complexity index is 434. The summed E-state index contributed by atoms with van der Waals surface area (Å²) in [5.41, 5.74) is 0.0289. The van der Waals surface area contributed by atoms with Gasteiger partial charge in [0.25, 0.3) is 0 Å². The van der Waals surface area contributed by atoms with Gasteiger partial charge in [0.2, 0.25) is 0 Å². The quantitative estimate of drug-likeness (QED) is 0.619. The average molecular weight is 305 g/mol. The highest BCUT2D eigenvalue weighted by Gasteiger charge is 2.13. The van der Waals surface area contributed by atoms with E-state index in [1.165, 1.54) is 6.07 Å². The Morgan fingerprint density at radius 1 is 1.53 bits per heavy atom. The Kier molecular flexibility index (Phi) is 5.09. The van der Waals surface area contributed by atoms with E-state index in [0.29, 0.717) is 10.8 Å². The third-order valence-corrected chi connectivity index (χ3v) is 2.26. The normalized spacial score (nSPS) is 9.82. The molecule has 92 valence electrons. The second-order valence-corrected chi connectivity index (χ2v) is 3.93. The smallest absolute Gasteiger partial charge is 0.344 e. The lowest BCUT2D eigenvalue weighted by Gasteiger charge is -2.09. The fourth-order valence-corrected chi connectivity index (χ4v) is 1.60. The van der Waals surface area contributed by atoms with Gasteiger partial charge in [-0.3, -0.25) is 4.79 Å². The molecule has 1 aromatic rings. The molecule has 0 radical (unpaired) electrons. The molecular formula is C11H10BrFO4. The molecule has 0 heterocycles. The van der Waals surface area contributed by atoms with Crippen molar-refractivity contribution >= 4 is 28.2 Å². The van der Waals surface area contributed by atoms with Gasteiger partial charge >= 0.3 is 5.97 Å². The highest BCUT2D eigenvalue weighted by atomic mass is 79.9. The number of carbonyl (C=O) groups excluding carboxylic acids is 2. The first-order valence-electron chi connectivity index (χ1n) is 4.81. The number of rotatable bonds is 5. The number of carbonyl (C=O) groups is 2. The first-order chi connectivity index (χ1) is 8.08. The van der Waals surface area contributed by atoms with Gasteiger partial charge in [0.15, 0.2) is 24.5 Å². The molecule has 17 heavy (non-hydrogen) atoms. The molecule has 0 aliphatic heterocycles. The van der Waals surface area contributed by atoms with Crippen LogP contribution in [0.1, 0.15) is 17.3 Å². The van der Waals surface area contributed by atoms with Crippen LogP contribution in [0.25, 0.3) is 0 Å². The van der Waals surface area contributed by atoms with E-state index in [2.05, 4.69) is 20.7 Å². The molecular weight excluding hydrogens is 295 g/mol. The standard InChI is InChI=1S/C11H10BrFO4/c1-2-16-10(15)6-17-11-7(5-14)3-8(12)4-9(11)13/h3-5H,2,6H2,1H3. The van der Waals surface area contributed by atoms with Crippen molar-refractivity contribution in [3.63, 3.8) is 0 Å². The molecule has 0 amide bonds. The monoisotopic (exact) mass is 304 g/mol. The maximum Gasteiger partial charge on any atom is 0.344 e. The number of hydrogen-bond acceptors (Lipinski definition) is 4. The Labute approximate surface area is 106 Å². The summed E-state index contributed by atoms with van der Waals surface area (Å²) in [6.07, 6.45) is 0.453. The van der Waals surface area contributed by atoms with E-state index < -0.39 is 18.4 Å². The van der Waals surface area contributed by atoms with Crippen LogP contribution in [0.2, 0.25) is 0 Å². The zero-order chi connectivity index (χ0) is 12.8. The number of aldehydes is 1. The molecule has 0 spiro atoms. The van der Waals surface area contributed by atoms with Gasteiger partial charge in [0.1, 0.15) is 0 Å². The van der Waals surface area contributed by atoms with E-state index in [9.17, 15) is 14.0 Å². The van der Waals surface area contributed by atoms with Gasteiger partial charge in [-0.15, -0.1) is 0 Å². The molecule has 0 aliphatic carbocycles. The van der Waals surface area contributed by atoms with Crippen molar-refractivity contribution in [3.8, 4) is 5.75 Å². The largest absolute Gasteiger partial charge is 0.478 e.